The molecule has 2 aromatic carbocycles. The van der Waals surface area contributed by atoms with Crippen molar-refractivity contribution in [2.75, 3.05) is 31.6 Å². The number of hydrogen-bond donors (Lipinski definition) is 0. The van der Waals surface area contributed by atoms with Gasteiger partial charge < -0.3 is 9.64 Å². The lowest BCUT2D eigenvalue weighted by atomic mass is 9.71. The third-order valence-electron chi connectivity index (χ3n) is 7.08. The van der Waals surface area contributed by atoms with Gasteiger partial charge in [0.15, 0.2) is 5.82 Å². The predicted molar refractivity (Wildman–Crippen MR) is 121 cm³/mol. The summed E-state index contributed by atoms with van der Waals surface area (Å²) in [6.45, 7) is 5.02. The highest BCUT2D eigenvalue weighted by Crippen LogP contribution is 2.42. The Hall–Kier alpha value is -2.41. The Morgan fingerprint density at radius 3 is 2.71 bits per heavy atom. The SMILES string of the molecule is CN1Cc2cc(Cl)ccc2-n2c(nnc2N2CCC3(CC2)COCc2ccccc23)C1. The van der Waals surface area contributed by atoms with Crippen molar-refractivity contribution in [3.05, 3.63) is 70.0 Å². The average Bonchev–Trinajstić information content (AvgIpc) is 3.12. The molecule has 3 aliphatic heterocycles. The molecule has 0 bridgehead atoms. The number of rotatable bonds is 1. The average molecular weight is 436 g/mol. The van der Waals surface area contributed by atoms with Crippen molar-refractivity contribution in [1.29, 1.82) is 0 Å². The van der Waals surface area contributed by atoms with Crippen molar-refractivity contribution in [3.63, 3.8) is 0 Å². The number of halogens is 1. The maximum atomic E-state index is 6.31. The van der Waals surface area contributed by atoms with Crippen LogP contribution in [0.2, 0.25) is 5.02 Å². The number of ether oxygens (including phenoxy) is 1. The summed E-state index contributed by atoms with van der Waals surface area (Å²) >= 11 is 6.31. The van der Waals surface area contributed by atoms with Gasteiger partial charge in [-0.3, -0.25) is 9.47 Å². The molecule has 0 atom stereocenters. The molecule has 0 unspecified atom stereocenters. The lowest BCUT2D eigenvalue weighted by Crippen LogP contribution is -2.48. The van der Waals surface area contributed by atoms with Gasteiger partial charge in [0.2, 0.25) is 5.95 Å². The second kappa shape index (κ2) is 7.33. The summed E-state index contributed by atoms with van der Waals surface area (Å²) in [5, 5.41) is 9.99. The van der Waals surface area contributed by atoms with Crippen LogP contribution in [0.25, 0.3) is 5.69 Å². The molecule has 0 N–H and O–H groups in total. The highest BCUT2D eigenvalue weighted by molar-refractivity contribution is 6.30. The molecule has 3 aromatic rings. The van der Waals surface area contributed by atoms with E-state index in [2.05, 4.69) is 68.0 Å². The largest absolute Gasteiger partial charge is 0.376 e. The maximum Gasteiger partial charge on any atom is 0.231 e. The van der Waals surface area contributed by atoms with Gasteiger partial charge in [0.1, 0.15) is 0 Å². The minimum absolute atomic E-state index is 0.110. The highest BCUT2D eigenvalue weighted by atomic mass is 35.5. The second-order valence-corrected chi connectivity index (χ2v) is 9.55. The van der Waals surface area contributed by atoms with Crippen LogP contribution < -0.4 is 4.90 Å². The van der Waals surface area contributed by atoms with Crippen LogP contribution in [0, 0.1) is 0 Å². The van der Waals surface area contributed by atoms with E-state index in [0.29, 0.717) is 0 Å². The number of piperidine rings is 1. The fourth-order valence-corrected chi connectivity index (χ4v) is 5.69. The summed E-state index contributed by atoms with van der Waals surface area (Å²) < 4.78 is 8.26. The number of anilines is 1. The van der Waals surface area contributed by atoms with Crippen LogP contribution >= 0.6 is 11.6 Å². The third-order valence-corrected chi connectivity index (χ3v) is 7.31. The van der Waals surface area contributed by atoms with E-state index >= 15 is 0 Å². The summed E-state index contributed by atoms with van der Waals surface area (Å²) in [6, 6.07) is 14.9. The minimum Gasteiger partial charge on any atom is -0.376 e. The first-order valence-corrected chi connectivity index (χ1v) is 11.3. The van der Waals surface area contributed by atoms with Gasteiger partial charge in [0.05, 0.1) is 25.4 Å². The van der Waals surface area contributed by atoms with Crippen molar-refractivity contribution < 1.29 is 4.74 Å². The number of aromatic nitrogens is 3. The lowest BCUT2D eigenvalue weighted by Gasteiger charge is -2.45. The van der Waals surface area contributed by atoms with Gasteiger partial charge in [-0.05, 0) is 54.8 Å². The molecule has 1 aromatic heterocycles. The number of benzene rings is 2. The zero-order valence-electron chi connectivity index (χ0n) is 17.7. The van der Waals surface area contributed by atoms with E-state index in [0.717, 1.165) is 74.7 Å². The zero-order valence-corrected chi connectivity index (χ0v) is 18.5. The van der Waals surface area contributed by atoms with Gasteiger partial charge in [0, 0.05) is 30.1 Å². The summed E-state index contributed by atoms with van der Waals surface area (Å²) in [5.74, 6) is 1.92. The van der Waals surface area contributed by atoms with Crippen molar-refractivity contribution in [3.8, 4) is 5.69 Å². The Bertz CT molecular complexity index is 1130. The molecule has 4 heterocycles. The molecule has 0 amide bonds. The van der Waals surface area contributed by atoms with Crippen molar-refractivity contribution in [1.82, 2.24) is 19.7 Å². The molecule has 0 saturated carbocycles. The number of fused-ring (bicyclic) bond motifs is 5. The molecule has 6 rings (SSSR count). The van der Waals surface area contributed by atoms with E-state index in [1.54, 1.807) is 0 Å². The molecule has 0 radical (unpaired) electrons. The molecule has 1 spiro atoms. The number of nitrogens with zero attached hydrogens (tertiary/aromatic N) is 5. The van der Waals surface area contributed by atoms with Gasteiger partial charge in [0.25, 0.3) is 0 Å². The maximum absolute atomic E-state index is 6.31. The fourth-order valence-electron chi connectivity index (χ4n) is 5.49. The van der Waals surface area contributed by atoms with Crippen LogP contribution in [-0.4, -0.2) is 46.4 Å². The smallest absolute Gasteiger partial charge is 0.231 e. The fraction of sp³-hybridized carbons (Fsp3) is 0.417. The first-order valence-electron chi connectivity index (χ1n) is 11.0. The molecule has 160 valence electrons. The summed E-state index contributed by atoms with van der Waals surface area (Å²) in [5.41, 5.74) is 5.27. The Morgan fingerprint density at radius 1 is 1.00 bits per heavy atom. The van der Waals surface area contributed by atoms with Gasteiger partial charge in [-0.2, -0.15) is 0 Å². The van der Waals surface area contributed by atoms with E-state index < -0.39 is 0 Å². The lowest BCUT2D eigenvalue weighted by molar-refractivity contribution is 0.0399. The molecule has 0 aliphatic carbocycles. The summed E-state index contributed by atoms with van der Waals surface area (Å²) in [4.78, 5) is 4.65. The molecule has 1 fully saturated rings. The van der Waals surface area contributed by atoms with E-state index in [1.807, 2.05) is 6.07 Å². The van der Waals surface area contributed by atoms with Gasteiger partial charge in [-0.15, -0.1) is 10.2 Å². The third kappa shape index (κ3) is 3.16. The van der Waals surface area contributed by atoms with Crippen molar-refractivity contribution in [2.24, 2.45) is 0 Å². The van der Waals surface area contributed by atoms with E-state index in [4.69, 9.17) is 16.3 Å². The van der Waals surface area contributed by atoms with Crippen LogP contribution in [-0.2, 0) is 29.8 Å². The molecule has 1 saturated heterocycles. The molecular formula is C24H26ClN5O. The van der Waals surface area contributed by atoms with Gasteiger partial charge in [-0.1, -0.05) is 35.9 Å². The Labute approximate surface area is 187 Å². The van der Waals surface area contributed by atoms with Gasteiger partial charge >= 0.3 is 0 Å². The topological polar surface area (TPSA) is 46.4 Å². The van der Waals surface area contributed by atoms with Crippen LogP contribution in [0.4, 0.5) is 5.95 Å². The quantitative estimate of drug-likeness (QED) is 0.579. The molecule has 6 nitrogen and oxygen atoms in total. The molecular weight excluding hydrogens is 410 g/mol. The second-order valence-electron chi connectivity index (χ2n) is 9.11. The standard InChI is InChI=1S/C24H26ClN5O/c1-28-13-18-12-19(25)6-7-21(18)30-22(14-28)26-27-23(30)29-10-8-24(9-11-29)16-31-15-17-4-2-3-5-20(17)24/h2-7,12H,8-11,13-16H2,1H3. The summed E-state index contributed by atoms with van der Waals surface area (Å²) in [6.07, 6.45) is 2.11. The van der Waals surface area contributed by atoms with E-state index in [-0.39, 0.29) is 5.41 Å². The van der Waals surface area contributed by atoms with E-state index in [9.17, 15) is 0 Å². The first-order chi connectivity index (χ1) is 15.1. The normalized spacial score (nSPS) is 20.1. The Balaban J connectivity index is 1.34. The van der Waals surface area contributed by atoms with Crippen LogP contribution in [0.3, 0.4) is 0 Å². The molecule has 31 heavy (non-hydrogen) atoms. The van der Waals surface area contributed by atoms with E-state index in [1.165, 1.54) is 16.7 Å². The Morgan fingerprint density at radius 2 is 1.84 bits per heavy atom. The zero-order chi connectivity index (χ0) is 21.0. The van der Waals surface area contributed by atoms with Crippen LogP contribution in [0.15, 0.2) is 42.5 Å². The number of hydrogen-bond acceptors (Lipinski definition) is 5. The monoisotopic (exact) mass is 435 g/mol. The van der Waals surface area contributed by atoms with Gasteiger partial charge in [-0.25, -0.2) is 0 Å². The van der Waals surface area contributed by atoms with Crippen molar-refractivity contribution >= 4 is 17.5 Å². The summed E-state index contributed by atoms with van der Waals surface area (Å²) in [7, 11) is 2.11. The van der Waals surface area contributed by atoms with Crippen molar-refractivity contribution in [2.45, 2.75) is 38.0 Å². The van der Waals surface area contributed by atoms with Crippen LogP contribution in [0.5, 0.6) is 0 Å². The first kappa shape index (κ1) is 19.3. The Kier molecular flexibility index (Phi) is 4.56. The molecule has 3 aliphatic rings. The predicted octanol–water partition coefficient (Wildman–Crippen LogP) is 3.93. The highest BCUT2D eigenvalue weighted by Gasteiger charge is 2.41. The molecule has 7 heteroatoms. The minimum atomic E-state index is 0.110. The van der Waals surface area contributed by atoms with Crippen LogP contribution in [0.1, 0.15) is 35.4 Å².